The minimum absolute atomic E-state index is 0. The van der Waals surface area contributed by atoms with Gasteiger partial charge in [0.25, 0.3) is 0 Å². The van der Waals surface area contributed by atoms with E-state index in [1.54, 1.807) is 0 Å². The third kappa shape index (κ3) is 5.19. The molecule has 0 unspecified atom stereocenters. The quantitative estimate of drug-likeness (QED) is 0.665. The van der Waals surface area contributed by atoms with Crippen LogP contribution in [0.4, 0.5) is 11.5 Å². The molecule has 2 aliphatic rings. The Morgan fingerprint density at radius 2 is 2.00 bits per heavy atom. The summed E-state index contributed by atoms with van der Waals surface area (Å²) in [6.07, 6.45) is 3.75. The van der Waals surface area contributed by atoms with Crippen LogP contribution in [0.1, 0.15) is 32.1 Å². The standard InChI is InChI=1S/C20H28N6O2.ClH/c27-18(4-3-11-26-10-2-1-5-19(26)28)22-20-16-7-6-15(14-17(16)23-24-20)25-12-8-21-9-13-25;/h6-7,14,21H,1-5,8-13H2,(H2,22,23,24,27);1H. The number of hydrogen-bond donors (Lipinski definition) is 3. The number of anilines is 2. The summed E-state index contributed by atoms with van der Waals surface area (Å²) in [6, 6.07) is 6.18. The first kappa shape index (κ1) is 21.4. The second-order valence-corrected chi connectivity index (χ2v) is 7.53. The zero-order valence-electron chi connectivity index (χ0n) is 16.6. The molecule has 2 aromatic rings. The van der Waals surface area contributed by atoms with Gasteiger partial charge in [0.1, 0.15) is 0 Å². The molecule has 29 heavy (non-hydrogen) atoms. The van der Waals surface area contributed by atoms with Crippen molar-refractivity contribution in [1.82, 2.24) is 20.4 Å². The number of hydrogen-bond acceptors (Lipinski definition) is 5. The Hall–Kier alpha value is -2.32. The molecule has 2 saturated heterocycles. The van der Waals surface area contributed by atoms with Crippen LogP contribution in [0.2, 0.25) is 0 Å². The van der Waals surface area contributed by atoms with Crippen molar-refractivity contribution >= 4 is 46.6 Å². The lowest BCUT2D eigenvalue weighted by atomic mass is 10.1. The number of aromatic amines is 1. The second kappa shape index (κ2) is 9.93. The Bertz CT molecular complexity index is 849. The molecular weight excluding hydrogens is 392 g/mol. The summed E-state index contributed by atoms with van der Waals surface area (Å²) in [5.41, 5.74) is 2.09. The molecule has 3 heterocycles. The average Bonchev–Trinajstić information content (AvgIpc) is 3.12. The summed E-state index contributed by atoms with van der Waals surface area (Å²) in [5.74, 6) is 0.718. The molecule has 4 rings (SSSR count). The van der Waals surface area contributed by atoms with Gasteiger partial charge in [0.2, 0.25) is 11.8 Å². The lowest BCUT2D eigenvalue weighted by Gasteiger charge is -2.29. The lowest BCUT2D eigenvalue weighted by molar-refractivity contribution is -0.133. The molecule has 8 nitrogen and oxygen atoms in total. The van der Waals surface area contributed by atoms with Crippen molar-refractivity contribution in [2.24, 2.45) is 0 Å². The number of piperazine rings is 1. The van der Waals surface area contributed by atoms with Gasteiger partial charge in [-0.15, -0.1) is 12.4 Å². The Morgan fingerprint density at radius 3 is 2.79 bits per heavy atom. The number of carbonyl (C=O) groups is 2. The number of nitrogens with zero attached hydrogens (tertiary/aromatic N) is 3. The number of halogens is 1. The zero-order chi connectivity index (χ0) is 19.3. The number of rotatable bonds is 6. The SMILES string of the molecule is Cl.O=C(CCCN1CCCCC1=O)Nc1n[nH]c2cc(N3CCNCC3)ccc12. The lowest BCUT2D eigenvalue weighted by Crippen LogP contribution is -2.43. The monoisotopic (exact) mass is 420 g/mol. The molecule has 2 amide bonds. The third-order valence-corrected chi connectivity index (χ3v) is 5.54. The third-order valence-electron chi connectivity index (χ3n) is 5.54. The van der Waals surface area contributed by atoms with Crippen LogP contribution in [0, 0.1) is 0 Å². The van der Waals surface area contributed by atoms with Gasteiger partial charge in [0.05, 0.1) is 5.52 Å². The van der Waals surface area contributed by atoms with Gasteiger partial charge in [0.15, 0.2) is 5.82 Å². The Balaban J connectivity index is 0.00000240. The van der Waals surface area contributed by atoms with E-state index in [0.717, 1.165) is 56.5 Å². The molecule has 0 spiro atoms. The van der Waals surface area contributed by atoms with Gasteiger partial charge in [-0.1, -0.05) is 0 Å². The first-order valence-electron chi connectivity index (χ1n) is 10.2. The van der Waals surface area contributed by atoms with E-state index < -0.39 is 0 Å². The molecule has 0 bridgehead atoms. The summed E-state index contributed by atoms with van der Waals surface area (Å²) >= 11 is 0. The van der Waals surface area contributed by atoms with Crippen LogP contribution in [0.15, 0.2) is 18.2 Å². The van der Waals surface area contributed by atoms with Crippen LogP contribution >= 0.6 is 12.4 Å². The van der Waals surface area contributed by atoms with Gasteiger partial charge < -0.3 is 20.4 Å². The predicted octanol–water partition coefficient (Wildman–Crippen LogP) is 2.13. The number of nitrogens with one attached hydrogen (secondary N) is 3. The van der Waals surface area contributed by atoms with E-state index >= 15 is 0 Å². The van der Waals surface area contributed by atoms with Crippen LogP contribution < -0.4 is 15.5 Å². The van der Waals surface area contributed by atoms with Crippen molar-refractivity contribution in [1.29, 1.82) is 0 Å². The van der Waals surface area contributed by atoms with Crippen LogP contribution in [-0.4, -0.2) is 66.2 Å². The molecule has 0 saturated carbocycles. The molecule has 9 heteroatoms. The molecule has 0 aliphatic carbocycles. The number of fused-ring (bicyclic) bond motifs is 1. The van der Waals surface area contributed by atoms with Gasteiger partial charge in [0, 0.05) is 63.2 Å². The zero-order valence-corrected chi connectivity index (χ0v) is 17.4. The maximum Gasteiger partial charge on any atom is 0.225 e. The molecule has 2 fully saturated rings. The molecule has 3 N–H and O–H groups in total. The van der Waals surface area contributed by atoms with Crippen LogP contribution in [0.5, 0.6) is 0 Å². The summed E-state index contributed by atoms with van der Waals surface area (Å²) in [4.78, 5) is 28.3. The van der Waals surface area contributed by atoms with Gasteiger partial charge in [-0.2, -0.15) is 5.10 Å². The number of likely N-dealkylation sites (tertiary alicyclic amines) is 1. The second-order valence-electron chi connectivity index (χ2n) is 7.53. The number of amides is 2. The molecule has 2 aliphatic heterocycles. The fourth-order valence-corrected chi connectivity index (χ4v) is 3.95. The summed E-state index contributed by atoms with van der Waals surface area (Å²) in [6.45, 7) is 5.43. The van der Waals surface area contributed by atoms with E-state index in [-0.39, 0.29) is 24.2 Å². The van der Waals surface area contributed by atoms with E-state index in [1.807, 2.05) is 11.0 Å². The van der Waals surface area contributed by atoms with E-state index in [1.165, 1.54) is 5.69 Å². The van der Waals surface area contributed by atoms with Crippen molar-refractivity contribution < 1.29 is 9.59 Å². The summed E-state index contributed by atoms with van der Waals surface area (Å²) < 4.78 is 0. The highest BCUT2D eigenvalue weighted by atomic mass is 35.5. The molecular formula is C20H29ClN6O2. The molecule has 158 valence electrons. The Kier molecular flexibility index (Phi) is 7.33. The Morgan fingerprint density at radius 1 is 1.17 bits per heavy atom. The fourth-order valence-electron chi connectivity index (χ4n) is 3.95. The first-order valence-corrected chi connectivity index (χ1v) is 10.2. The van der Waals surface area contributed by atoms with Crippen molar-refractivity contribution in [2.45, 2.75) is 32.1 Å². The minimum Gasteiger partial charge on any atom is -0.369 e. The largest absolute Gasteiger partial charge is 0.369 e. The highest BCUT2D eigenvalue weighted by molar-refractivity contribution is 6.00. The molecule has 0 atom stereocenters. The average molecular weight is 421 g/mol. The van der Waals surface area contributed by atoms with Crippen molar-refractivity contribution in [3.8, 4) is 0 Å². The van der Waals surface area contributed by atoms with Gasteiger partial charge in [-0.25, -0.2) is 0 Å². The van der Waals surface area contributed by atoms with E-state index in [0.29, 0.717) is 31.6 Å². The van der Waals surface area contributed by atoms with Gasteiger partial charge >= 0.3 is 0 Å². The van der Waals surface area contributed by atoms with Gasteiger partial charge in [-0.3, -0.25) is 14.7 Å². The minimum atomic E-state index is -0.0657. The molecule has 1 aromatic carbocycles. The smallest absolute Gasteiger partial charge is 0.225 e. The van der Waals surface area contributed by atoms with E-state index in [9.17, 15) is 9.59 Å². The molecule has 0 radical (unpaired) electrons. The van der Waals surface area contributed by atoms with Crippen molar-refractivity contribution in [2.75, 3.05) is 49.5 Å². The van der Waals surface area contributed by atoms with Crippen molar-refractivity contribution in [3.05, 3.63) is 18.2 Å². The van der Waals surface area contributed by atoms with Crippen LogP contribution in [0.25, 0.3) is 10.9 Å². The number of benzene rings is 1. The highest BCUT2D eigenvalue weighted by Crippen LogP contribution is 2.26. The Labute approximate surface area is 176 Å². The first-order chi connectivity index (χ1) is 13.7. The highest BCUT2D eigenvalue weighted by Gasteiger charge is 2.18. The number of aromatic nitrogens is 2. The predicted molar refractivity (Wildman–Crippen MR) is 117 cm³/mol. The summed E-state index contributed by atoms with van der Waals surface area (Å²) in [7, 11) is 0. The van der Waals surface area contributed by atoms with Gasteiger partial charge in [-0.05, 0) is 37.5 Å². The number of piperidine rings is 1. The van der Waals surface area contributed by atoms with Crippen LogP contribution in [0.3, 0.4) is 0 Å². The topological polar surface area (TPSA) is 93.4 Å². The maximum atomic E-state index is 12.3. The summed E-state index contributed by atoms with van der Waals surface area (Å²) in [5, 5.41) is 14.5. The van der Waals surface area contributed by atoms with E-state index in [2.05, 4.69) is 37.9 Å². The van der Waals surface area contributed by atoms with Crippen molar-refractivity contribution in [3.63, 3.8) is 0 Å². The maximum absolute atomic E-state index is 12.3. The fraction of sp³-hybridized carbons (Fsp3) is 0.550. The number of H-pyrrole nitrogens is 1. The van der Waals surface area contributed by atoms with E-state index in [4.69, 9.17) is 0 Å². The molecule has 1 aromatic heterocycles. The normalized spacial score (nSPS) is 17.3. The van der Waals surface area contributed by atoms with Crippen LogP contribution in [-0.2, 0) is 9.59 Å². The number of carbonyl (C=O) groups excluding carboxylic acids is 2.